The molecule has 0 fully saturated rings. The van der Waals surface area contributed by atoms with Crippen molar-refractivity contribution in [3.63, 3.8) is 0 Å². The van der Waals surface area contributed by atoms with Gasteiger partial charge in [0.25, 0.3) is 0 Å². The molecule has 0 atom stereocenters. The lowest BCUT2D eigenvalue weighted by Gasteiger charge is -2.12. The first-order valence-electron chi connectivity index (χ1n) is 5.52. The summed E-state index contributed by atoms with van der Waals surface area (Å²) in [5.41, 5.74) is 7.78. The molecule has 0 aliphatic heterocycles. The van der Waals surface area contributed by atoms with E-state index in [4.69, 9.17) is 10.5 Å². The number of rotatable bonds is 3. The van der Waals surface area contributed by atoms with E-state index < -0.39 is 0 Å². The highest BCUT2D eigenvalue weighted by molar-refractivity contribution is 9.10. The Morgan fingerprint density at radius 2 is 1.67 bits per heavy atom. The summed E-state index contributed by atoms with van der Waals surface area (Å²) in [6.07, 6.45) is 0. The molecule has 0 aliphatic carbocycles. The molecular formula is C14H13Br2NO. The van der Waals surface area contributed by atoms with Gasteiger partial charge in [-0.15, -0.1) is 0 Å². The highest BCUT2D eigenvalue weighted by Gasteiger charge is 2.07. The molecule has 0 saturated heterocycles. The maximum Gasteiger partial charge on any atom is 0.133 e. The highest BCUT2D eigenvalue weighted by atomic mass is 79.9. The molecule has 4 heteroatoms. The molecule has 94 valence electrons. The topological polar surface area (TPSA) is 35.2 Å². The first-order valence-corrected chi connectivity index (χ1v) is 7.11. The Balaban J connectivity index is 2.36. The Kier molecular flexibility index (Phi) is 4.43. The summed E-state index contributed by atoms with van der Waals surface area (Å²) in [7, 11) is 0. The Morgan fingerprint density at radius 3 is 2.33 bits per heavy atom. The van der Waals surface area contributed by atoms with E-state index in [-0.39, 0.29) is 0 Å². The Hall–Kier alpha value is -0.840. The van der Waals surface area contributed by atoms with E-state index >= 15 is 0 Å². The number of ether oxygens (including phenoxy) is 1. The van der Waals surface area contributed by atoms with Gasteiger partial charge in [-0.2, -0.15) is 0 Å². The maximum absolute atomic E-state index is 5.94. The summed E-state index contributed by atoms with van der Waals surface area (Å²) in [6.45, 7) is 2.47. The third-order valence-electron chi connectivity index (χ3n) is 2.61. The van der Waals surface area contributed by atoms with Gasteiger partial charge >= 0.3 is 0 Å². The summed E-state index contributed by atoms with van der Waals surface area (Å²) >= 11 is 6.88. The summed E-state index contributed by atoms with van der Waals surface area (Å²) in [5, 5.41) is 0. The molecule has 2 N–H and O–H groups in total. The number of halogens is 2. The van der Waals surface area contributed by atoms with Crippen LogP contribution in [0.4, 0.5) is 0 Å². The molecule has 2 nitrogen and oxygen atoms in total. The van der Waals surface area contributed by atoms with E-state index in [0.29, 0.717) is 6.54 Å². The van der Waals surface area contributed by atoms with Crippen LogP contribution in [-0.4, -0.2) is 0 Å². The average Bonchev–Trinajstić information content (AvgIpc) is 2.33. The monoisotopic (exact) mass is 369 g/mol. The number of aryl methyl sites for hydroxylation is 1. The van der Waals surface area contributed by atoms with Crippen LogP contribution in [0.2, 0.25) is 0 Å². The molecule has 2 rings (SSSR count). The van der Waals surface area contributed by atoms with Crippen LogP contribution in [0.15, 0.2) is 45.3 Å². The van der Waals surface area contributed by atoms with Crippen molar-refractivity contribution in [3.05, 3.63) is 56.5 Å². The second kappa shape index (κ2) is 5.87. The predicted octanol–water partition coefficient (Wildman–Crippen LogP) is 4.77. The SMILES string of the molecule is Cc1cc(Br)ccc1Oc1cc(Br)ccc1CN. The van der Waals surface area contributed by atoms with E-state index in [1.54, 1.807) is 0 Å². The van der Waals surface area contributed by atoms with Crippen molar-refractivity contribution in [3.8, 4) is 11.5 Å². The van der Waals surface area contributed by atoms with Crippen molar-refractivity contribution >= 4 is 31.9 Å². The second-order valence-corrected chi connectivity index (χ2v) is 5.80. The molecule has 0 aliphatic rings. The lowest BCUT2D eigenvalue weighted by Crippen LogP contribution is -1.99. The fourth-order valence-corrected chi connectivity index (χ4v) is 2.45. The smallest absolute Gasteiger partial charge is 0.133 e. The fourth-order valence-electron chi connectivity index (χ4n) is 1.64. The minimum absolute atomic E-state index is 0.457. The second-order valence-electron chi connectivity index (χ2n) is 3.97. The summed E-state index contributed by atoms with van der Waals surface area (Å²) < 4.78 is 7.95. The molecule has 18 heavy (non-hydrogen) atoms. The quantitative estimate of drug-likeness (QED) is 0.844. The van der Waals surface area contributed by atoms with E-state index in [1.165, 1.54) is 0 Å². The molecule has 0 amide bonds. The third-order valence-corrected chi connectivity index (χ3v) is 3.59. The van der Waals surface area contributed by atoms with Crippen molar-refractivity contribution in [2.75, 3.05) is 0 Å². The van der Waals surface area contributed by atoms with Gasteiger partial charge in [-0.1, -0.05) is 37.9 Å². The average molecular weight is 371 g/mol. The van der Waals surface area contributed by atoms with Crippen molar-refractivity contribution in [1.82, 2.24) is 0 Å². The van der Waals surface area contributed by atoms with Crippen LogP contribution in [0.3, 0.4) is 0 Å². The van der Waals surface area contributed by atoms with E-state index in [9.17, 15) is 0 Å². The molecular weight excluding hydrogens is 358 g/mol. The molecule has 2 aromatic rings. The predicted molar refractivity (Wildman–Crippen MR) is 81.0 cm³/mol. The zero-order valence-electron chi connectivity index (χ0n) is 9.91. The van der Waals surface area contributed by atoms with Gasteiger partial charge < -0.3 is 10.5 Å². The van der Waals surface area contributed by atoms with Crippen LogP contribution in [0.1, 0.15) is 11.1 Å². The van der Waals surface area contributed by atoms with Crippen LogP contribution in [0.5, 0.6) is 11.5 Å². The Morgan fingerprint density at radius 1 is 1.00 bits per heavy atom. The number of hydrogen-bond acceptors (Lipinski definition) is 2. The summed E-state index contributed by atoms with van der Waals surface area (Å²) in [6, 6.07) is 11.8. The molecule has 0 saturated carbocycles. The molecule has 0 heterocycles. The fraction of sp³-hybridized carbons (Fsp3) is 0.143. The van der Waals surface area contributed by atoms with Gasteiger partial charge in [-0.25, -0.2) is 0 Å². The van der Waals surface area contributed by atoms with Crippen LogP contribution in [0, 0.1) is 6.92 Å². The van der Waals surface area contributed by atoms with Gasteiger partial charge in [-0.05, 0) is 42.8 Å². The van der Waals surface area contributed by atoms with Crippen LogP contribution < -0.4 is 10.5 Å². The Labute approximate surface area is 123 Å². The van der Waals surface area contributed by atoms with E-state index in [0.717, 1.165) is 31.6 Å². The normalized spacial score (nSPS) is 10.4. The van der Waals surface area contributed by atoms with Gasteiger partial charge in [0.1, 0.15) is 11.5 Å². The van der Waals surface area contributed by atoms with Crippen LogP contribution >= 0.6 is 31.9 Å². The summed E-state index contributed by atoms with van der Waals surface area (Å²) in [4.78, 5) is 0. The molecule has 0 bridgehead atoms. The molecule has 0 spiro atoms. The van der Waals surface area contributed by atoms with Crippen molar-refractivity contribution in [1.29, 1.82) is 0 Å². The van der Waals surface area contributed by atoms with Gasteiger partial charge in [0.05, 0.1) is 0 Å². The van der Waals surface area contributed by atoms with Gasteiger partial charge in [-0.3, -0.25) is 0 Å². The zero-order chi connectivity index (χ0) is 13.1. The van der Waals surface area contributed by atoms with Crippen LogP contribution in [0.25, 0.3) is 0 Å². The van der Waals surface area contributed by atoms with E-state index in [1.807, 2.05) is 43.3 Å². The van der Waals surface area contributed by atoms with Gasteiger partial charge in [0.15, 0.2) is 0 Å². The number of nitrogens with two attached hydrogens (primary N) is 1. The first-order chi connectivity index (χ1) is 8.60. The van der Waals surface area contributed by atoms with Crippen molar-refractivity contribution < 1.29 is 4.74 Å². The molecule has 0 aromatic heterocycles. The van der Waals surface area contributed by atoms with Gasteiger partial charge in [0.2, 0.25) is 0 Å². The Bertz CT molecular complexity index is 570. The minimum Gasteiger partial charge on any atom is -0.457 e. The largest absolute Gasteiger partial charge is 0.457 e. The first kappa shape index (κ1) is 13.6. The highest BCUT2D eigenvalue weighted by Crippen LogP contribution is 2.31. The third kappa shape index (κ3) is 3.13. The number of benzene rings is 2. The lowest BCUT2D eigenvalue weighted by atomic mass is 10.2. The standard InChI is InChI=1S/C14H13Br2NO/c1-9-6-11(15)4-5-13(9)18-14-7-12(16)3-2-10(14)8-17/h2-7H,8,17H2,1H3. The zero-order valence-corrected chi connectivity index (χ0v) is 13.1. The molecule has 2 aromatic carbocycles. The minimum atomic E-state index is 0.457. The van der Waals surface area contributed by atoms with Gasteiger partial charge in [0, 0.05) is 21.1 Å². The molecule has 0 radical (unpaired) electrons. The summed E-state index contributed by atoms with van der Waals surface area (Å²) in [5.74, 6) is 1.63. The molecule has 0 unspecified atom stereocenters. The van der Waals surface area contributed by atoms with Crippen molar-refractivity contribution in [2.45, 2.75) is 13.5 Å². The van der Waals surface area contributed by atoms with Crippen molar-refractivity contribution in [2.24, 2.45) is 5.73 Å². The lowest BCUT2D eigenvalue weighted by molar-refractivity contribution is 0.472. The maximum atomic E-state index is 5.94. The van der Waals surface area contributed by atoms with Crippen LogP contribution in [-0.2, 0) is 6.54 Å². The number of hydrogen-bond donors (Lipinski definition) is 1. The van der Waals surface area contributed by atoms with E-state index in [2.05, 4.69) is 31.9 Å².